The Morgan fingerprint density at radius 3 is 1.89 bits per heavy atom. The summed E-state index contributed by atoms with van der Waals surface area (Å²) in [4.78, 5) is 33.9. The molecule has 316 valence electrons. The van der Waals surface area contributed by atoms with Crippen LogP contribution in [0.25, 0.3) is 0 Å². The van der Waals surface area contributed by atoms with Gasteiger partial charge in [0.25, 0.3) is 5.91 Å². The van der Waals surface area contributed by atoms with E-state index in [4.69, 9.17) is 17.3 Å². The highest BCUT2D eigenvalue weighted by Gasteiger charge is 2.50. The van der Waals surface area contributed by atoms with Gasteiger partial charge >= 0.3 is 6.18 Å². The van der Waals surface area contributed by atoms with Crippen LogP contribution in [0, 0.1) is 39.3 Å². The summed E-state index contributed by atoms with van der Waals surface area (Å²) < 4.78 is 70.6. The van der Waals surface area contributed by atoms with Crippen LogP contribution in [-0.2, 0) is 34.3 Å². The topological polar surface area (TPSA) is 78.7 Å². The maximum atomic E-state index is 16.0. The van der Waals surface area contributed by atoms with Crippen molar-refractivity contribution in [3.8, 4) is 0 Å². The van der Waals surface area contributed by atoms with E-state index in [0.717, 1.165) is 34.4 Å². The number of nitrogens with one attached hydrogen (secondary N) is 1. The number of carbonyl (C=O) groups excluding carboxylic acids is 2. The third kappa shape index (κ3) is 10.1. The van der Waals surface area contributed by atoms with Crippen LogP contribution in [0.15, 0.2) is 133 Å². The summed E-state index contributed by atoms with van der Waals surface area (Å²) in [6.07, 6.45) is -4.72. The predicted octanol–water partition coefficient (Wildman–Crippen LogP) is 10.9. The molecule has 0 spiro atoms. The Balaban J connectivity index is 1.54. The average Bonchev–Trinajstić information content (AvgIpc) is 3.23. The molecule has 0 saturated carbocycles. The molecule has 0 aromatic heterocycles. The molecule has 3 N–H and O–H groups in total. The summed E-state index contributed by atoms with van der Waals surface area (Å²) in [5.74, 6) is -2.88. The van der Waals surface area contributed by atoms with E-state index in [1.165, 1.54) is 17.0 Å². The van der Waals surface area contributed by atoms with E-state index in [-0.39, 0.29) is 36.5 Å². The van der Waals surface area contributed by atoms with Gasteiger partial charge in [-0.05, 0) is 134 Å². The minimum absolute atomic E-state index is 0.0180. The van der Waals surface area contributed by atoms with E-state index in [9.17, 15) is 26.7 Å². The van der Waals surface area contributed by atoms with Gasteiger partial charge in [0.15, 0.2) is 5.66 Å². The summed E-state index contributed by atoms with van der Waals surface area (Å²) >= 11 is 5.91. The molecular weight excluding hydrogens is 807 g/mol. The van der Waals surface area contributed by atoms with Gasteiger partial charge in [-0.25, -0.2) is 8.78 Å². The maximum Gasteiger partial charge on any atom is 0.416 e. The van der Waals surface area contributed by atoms with E-state index in [0.29, 0.717) is 34.1 Å². The van der Waals surface area contributed by atoms with Crippen LogP contribution < -0.4 is 20.9 Å². The normalized spacial score (nSPS) is 13.0. The van der Waals surface area contributed by atoms with Gasteiger partial charge in [-0.15, -0.1) is 0 Å². The molecular formula is C49H46ClF5N4O2. The average molecular weight is 853 g/mol. The number of aryl methyl sites for hydroxylation is 4. The molecule has 0 heterocycles. The third-order valence-corrected chi connectivity index (χ3v) is 11.3. The quantitative estimate of drug-likeness (QED) is 0.0845. The lowest BCUT2D eigenvalue weighted by atomic mass is 9.90. The van der Waals surface area contributed by atoms with Crippen LogP contribution in [0.2, 0.25) is 5.02 Å². The molecule has 61 heavy (non-hydrogen) atoms. The minimum atomic E-state index is -4.80. The standard InChI is InChI=1S/C49H46ClF5N4O2/c1-31-15-18-41(25-33(31)3)58(24-22-36-27-39(49(53,54)55)30-40(51)28-36)47(61)48(56,38-13-9-6-10-14-38)59(42-19-16-32(2)34(4)26-42)45(37-11-7-5-8-12-37)46(60)57-23-21-35-17-20-43(50)44(52)29-35/h5-20,25-30,45H,21-24,56H2,1-4H3,(H,57,60)/t45-,48-/m0/s1. The van der Waals surface area contributed by atoms with Gasteiger partial charge < -0.3 is 15.1 Å². The number of carbonyl (C=O) groups is 2. The summed E-state index contributed by atoms with van der Waals surface area (Å²) in [5, 5.41) is 2.98. The van der Waals surface area contributed by atoms with Gasteiger partial charge in [0.2, 0.25) is 5.91 Å². The second kappa shape index (κ2) is 18.7. The summed E-state index contributed by atoms with van der Waals surface area (Å²) in [7, 11) is 0. The minimum Gasteiger partial charge on any atom is -0.354 e. The Labute approximate surface area is 357 Å². The zero-order chi connectivity index (χ0) is 44.1. The number of nitrogens with two attached hydrogens (primary N) is 1. The van der Waals surface area contributed by atoms with Crippen LogP contribution in [0.5, 0.6) is 0 Å². The number of amides is 2. The monoisotopic (exact) mass is 852 g/mol. The number of halogens is 6. The highest BCUT2D eigenvalue weighted by atomic mass is 35.5. The SMILES string of the molecule is Cc1ccc(N(CCc2cc(F)cc(C(F)(F)F)c2)C(=O)[C@](N)(c2ccccc2)N(c2ccc(C)c(C)c2)[C@H](C(=O)NCCc2ccc(Cl)c(F)c2)c2ccccc2)cc1C. The fourth-order valence-electron chi connectivity index (χ4n) is 7.31. The first kappa shape index (κ1) is 44.5. The Kier molecular flexibility index (Phi) is 13.6. The lowest BCUT2D eigenvalue weighted by molar-refractivity contribution is -0.138. The number of alkyl halides is 3. The number of hydrogen-bond donors (Lipinski definition) is 2. The molecule has 12 heteroatoms. The largest absolute Gasteiger partial charge is 0.416 e. The van der Waals surface area contributed by atoms with Gasteiger partial charge in [-0.3, -0.25) is 15.3 Å². The van der Waals surface area contributed by atoms with Crippen molar-refractivity contribution in [2.75, 3.05) is 22.9 Å². The first-order valence-electron chi connectivity index (χ1n) is 19.7. The zero-order valence-corrected chi connectivity index (χ0v) is 34.9. The van der Waals surface area contributed by atoms with Crippen LogP contribution >= 0.6 is 11.6 Å². The fourth-order valence-corrected chi connectivity index (χ4v) is 7.43. The van der Waals surface area contributed by atoms with Crippen molar-refractivity contribution < 1.29 is 31.5 Å². The first-order valence-corrected chi connectivity index (χ1v) is 20.1. The van der Waals surface area contributed by atoms with Gasteiger partial charge in [0, 0.05) is 30.0 Å². The molecule has 0 saturated heterocycles. The van der Waals surface area contributed by atoms with E-state index >= 15 is 4.79 Å². The molecule has 0 radical (unpaired) electrons. The third-order valence-electron chi connectivity index (χ3n) is 11.0. The van der Waals surface area contributed by atoms with E-state index in [2.05, 4.69) is 5.32 Å². The second-order valence-electron chi connectivity index (χ2n) is 15.2. The van der Waals surface area contributed by atoms with Crippen molar-refractivity contribution in [1.82, 2.24) is 5.32 Å². The van der Waals surface area contributed by atoms with Crippen molar-refractivity contribution in [3.63, 3.8) is 0 Å². The number of rotatable bonds is 14. The highest BCUT2D eigenvalue weighted by molar-refractivity contribution is 6.30. The van der Waals surface area contributed by atoms with E-state index in [1.54, 1.807) is 89.8 Å². The molecule has 0 fully saturated rings. The Morgan fingerprint density at radius 1 is 0.672 bits per heavy atom. The van der Waals surface area contributed by atoms with Crippen molar-refractivity contribution in [2.45, 2.75) is 58.4 Å². The molecule has 0 bridgehead atoms. The van der Waals surface area contributed by atoms with E-state index < -0.39 is 46.9 Å². The fraction of sp³-hybridized carbons (Fsp3) is 0.224. The highest BCUT2D eigenvalue weighted by Crippen LogP contribution is 2.41. The predicted molar refractivity (Wildman–Crippen MR) is 231 cm³/mol. The van der Waals surface area contributed by atoms with Gasteiger partial charge in [0.1, 0.15) is 17.7 Å². The van der Waals surface area contributed by atoms with Crippen molar-refractivity contribution in [2.24, 2.45) is 5.73 Å². The summed E-state index contributed by atoms with van der Waals surface area (Å²) in [6, 6.07) is 33.7. The molecule has 6 rings (SSSR count). The lowest BCUT2D eigenvalue weighted by Gasteiger charge is -2.47. The van der Waals surface area contributed by atoms with Gasteiger partial charge in [-0.2, -0.15) is 13.2 Å². The molecule has 0 aliphatic heterocycles. The molecule has 6 aromatic carbocycles. The van der Waals surface area contributed by atoms with Gasteiger partial charge in [0.05, 0.1) is 10.6 Å². The van der Waals surface area contributed by atoms with Crippen molar-refractivity contribution in [3.05, 3.63) is 200 Å². The van der Waals surface area contributed by atoms with Crippen LogP contribution in [0.1, 0.15) is 56.1 Å². The summed E-state index contributed by atoms with van der Waals surface area (Å²) in [6.45, 7) is 7.48. The number of hydrogen-bond acceptors (Lipinski definition) is 4. The molecule has 6 aromatic rings. The maximum absolute atomic E-state index is 16.0. The lowest BCUT2D eigenvalue weighted by Crippen LogP contribution is -2.66. The van der Waals surface area contributed by atoms with Gasteiger partial charge in [-0.1, -0.05) is 90.5 Å². The smallest absolute Gasteiger partial charge is 0.354 e. The first-order chi connectivity index (χ1) is 29.0. The molecule has 2 atom stereocenters. The van der Waals surface area contributed by atoms with E-state index in [1.807, 2.05) is 45.9 Å². The number of nitrogens with zero attached hydrogens (tertiary/aromatic N) is 2. The number of anilines is 2. The Hall–Kier alpha value is -6.04. The number of benzene rings is 6. The Bertz CT molecular complexity index is 2520. The van der Waals surface area contributed by atoms with Crippen LogP contribution in [0.4, 0.5) is 33.3 Å². The second-order valence-corrected chi connectivity index (χ2v) is 15.6. The van der Waals surface area contributed by atoms with Crippen LogP contribution in [-0.4, -0.2) is 24.9 Å². The Morgan fingerprint density at radius 2 is 1.28 bits per heavy atom. The molecule has 0 aliphatic carbocycles. The molecule has 0 unspecified atom stereocenters. The molecule has 6 nitrogen and oxygen atoms in total. The molecule has 2 amide bonds. The zero-order valence-electron chi connectivity index (χ0n) is 34.2. The summed E-state index contributed by atoms with van der Waals surface area (Å²) in [5.41, 5.74) is 10.2. The van der Waals surface area contributed by atoms with Crippen LogP contribution in [0.3, 0.4) is 0 Å². The van der Waals surface area contributed by atoms with Crippen molar-refractivity contribution in [1.29, 1.82) is 0 Å². The molecule has 0 aliphatic rings. The van der Waals surface area contributed by atoms with Crippen molar-refractivity contribution >= 4 is 34.8 Å².